The first-order valence-electron chi connectivity index (χ1n) is 8.84. The lowest BCUT2D eigenvalue weighted by molar-refractivity contribution is -0.122. The Morgan fingerprint density at radius 2 is 1.64 bits per heavy atom. The summed E-state index contributed by atoms with van der Waals surface area (Å²) in [6.07, 6.45) is 8.64. The topological polar surface area (TPSA) is 66.5 Å². The number of carbonyl (C=O) groups excluding carboxylic acids is 1. The van der Waals surface area contributed by atoms with E-state index in [-0.39, 0.29) is 17.6 Å². The van der Waals surface area contributed by atoms with Crippen LogP contribution in [0.2, 0.25) is 0 Å². The van der Waals surface area contributed by atoms with E-state index in [1.807, 2.05) is 0 Å². The molecule has 25 heavy (non-hydrogen) atoms. The molecule has 1 aliphatic carbocycles. The van der Waals surface area contributed by atoms with Crippen molar-refractivity contribution in [3.63, 3.8) is 0 Å². The van der Waals surface area contributed by atoms with Gasteiger partial charge in [-0.15, -0.1) is 0 Å². The zero-order valence-electron chi connectivity index (χ0n) is 14.9. The van der Waals surface area contributed by atoms with E-state index in [0.717, 1.165) is 36.2 Å². The Hall–Kier alpha value is -1.63. The minimum atomic E-state index is -3.68. The van der Waals surface area contributed by atoms with Crippen LogP contribution in [0.5, 0.6) is 0 Å². The number of amides is 1. The second-order valence-electron chi connectivity index (χ2n) is 6.76. The van der Waals surface area contributed by atoms with E-state index < -0.39 is 21.9 Å². The van der Waals surface area contributed by atoms with Crippen molar-refractivity contribution in [3.05, 3.63) is 30.1 Å². The highest BCUT2D eigenvalue weighted by molar-refractivity contribution is 7.92. The predicted molar refractivity (Wildman–Crippen MR) is 97.4 cm³/mol. The quantitative estimate of drug-likeness (QED) is 0.865. The third-order valence-electron chi connectivity index (χ3n) is 4.62. The number of anilines is 1. The lowest BCUT2D eigenvalue weighted by atomic mass is 9.96. The molecule has 0 aromatic heterocycles. The van der Waals surface area contributed by atoms with E-state index in [1.165, 1.54) is 43.5 Å². The second kappa shape index (κ2) is 8.65. The van der Waals surface area contributed by atoms with E-state index in [2.05, 4.69) is 5.32 Å². The molecule has 0 heterocycles. The molecule has 140 valence electrons. The maximum Gasteiger partial charge on any atom is 0.243 e. The van der Waals surface area contributed by atoms with Crippen LogP contribution in [-0.4, -0.2) is 32.7 Å². The highest BCUT2D eigenvalue weighted by atomic mass is 32.2. The van der Waals surface area contributed by atoms with E-state index in [1.54, 1.807) is 6.92 Å². The molecule has 0 spiro atoms. The molecule has 0 aliphatic heterocycles. The first-order valence-corrected chi connectivity index (χ1v) is 10.7. The molecule has 1 aromatic carbocycles. The Kier molecular flexibility index (Phi) is 6.81. The third kappa shape index (κ3) is 5.70. The number of hydrogen-bond donors (Lipinski definition) is 1. The minimum absolute atomic E-state index is 0.0879. The number of carbonyl (C=O) groups is 1. The predicted octanol–water partition coefficient (Wildman–Crippen LogP) is 3.21. The van der Waals surface area contributed by atoms with Gasteiger partial charge in [0.1, 0.15) is 11.9 Å². The number of halogens is 1. The Balaban J connectivity index is 2.13. The molecule has 1 fully saturated rings. The zero-order valence-corrected chi connectivity index (χ0v) is 15.7. The van der Waals surface area contributed by atoms with Crippen molar-refractivity contribution >= 4 is 21.6 Å². The first-order chi connectivity index (χ1) is 11.8. The van der Waals surface area contributed by atoms with Gasteiger partial charge in [-0.05, 0) is 44.0 Å². The van der Waals surface area contributed by atoms with Crippen molar-refractivity contribution < 1.29 is 17.6 Å². The number of hydrogen-bond acceptors (Lipinski definition) is 3. The molecule has 1 N–H and O–H groups in total. The molecule has 0 bridgehead atoms. The Morgan fingerprint density at radius 3 is 2.16 bits per heavy atom. The number of nitrogens with one attached hydrogen (secondary N) is 1. The van der Waals surface area contributed by atoms with Gasteiger partial charge in [-0.2, -0.15) is 0 Å². The van der Waals surface area contributed by atoms with Crippen molar-refractivity contribution in [2.45, 2.75) is 64.0 Å². The molecule has 1 aromatic rings. The van der Waals surface area contributed by atoms with Crippen LogP contribution in [-0.2, 0) is 14.8 Å². The van der Waals surface area contributed by atoms with Gasteiger partial charge in [0.05, 0.1) is 11.9 Å². The lowest BCUT2D eigenvalue weighted by Crippen LogP contribution is -2.50. The average Bonchev–Trinajstić information content (AvgIpc) is 2.50. The van der Waals surface area contributed by atoms with E-state index in [4.69, 9.17) is 0 Å². The summed E-state index contributed by atoms with van der Waals surface area (Å²) in [4.78, 5) is 12.6. The molecular weight excluding hydrogens is 343 g/mol. The summed E-state index contributed by atoms with van der Waals surface area (Å²) in [5.41, 5.74) is 0.282. The molecule has 1 aliphatic rings. The van der Waals surface area contributed by atoms with Crippen molar-refractivity contribution in [1.29, 1.82) is 0 Å². The standard InChI is InChI=1S/C18H27FN2O3S/c1-14(18(22)20-16-8-6-4-3-5-7-9-16)21(25(2,23)24)17-12-10-15(19)11-13-17/h10-14,16H,3-9H2,1-2H3,(H,20,22)/t14-/m0/s1. The largest absolute Gasteiger partial charge is 0.352 e. The molecule has 5 nitrogen and oxygen atoms in total. The highest BCUT2D eigenvalue weighted by Crippen LogP contribution is 2.22. The summed E-state index contributed by atoms with van der Waals surface area (Å²) in [5, 5.41) is 3.00. The third-order valence-corrected chi connectivity index (χ3v) is 5.86. The van der Waals surface area contributed by atoms with Crippen LogP contribution in [0, 0.1) is 5.82 Å². The summed E-state index contributed by atoms with van der Waals surface area (Å²) >= 11 is 0. The van der Waals surface area contributed by atoms with Crippen molar-refractivity contribution in [2.75, 3.05) is 10.6 Å². The summed E-state index contributed by atoms with van der Waals surface area (Å²) in [7, 11) is -3.68. The minimum Gasteiger partial charge on any atom is -0.352 e. The molecule has 0 radical (unpaired) electrons. The van der Waals surface area contributed by atoms with Crippen LogP contribution in [0.15, 0.2) is 24.3 Å². The van der Waals surface area contributed by atoms with Gasteiger partial charge in [0, 0.05) is 6.04 Å². The van der Waals surface area contributed by atoms with Crippen LogP contribution >= 0.6 is 0 Å². The zero-order chi connectivity index (χ0) is 18.4. The number of benzene rings is 1. The summed E-state index contributed by atoms with van der Waals surface area (Å²) in [6.45, 7) is 1.56. The molecule has 1 amide bonds. The van der Waals surface area contributed by atoms with Crippen LogP contribution in [0.1, 0.15) is 51.9 Å². The van der Waals surface area contributed by atoms with Crippen LogP contribution < -0.4 is 9.62 Å². The fourth-order valence-electron chi connectivity index (χ4n) is 3.32. The monoisotopic (exact) mass is 370 g/mol. The van der Waals surface area contributed by atoms with Gasteiger partial charge in [-0.25, -0.2) is 12.8 Å². The normalized spacial score (nSPS) is 18.0. The first kappa shape index (κ1) is 19.7. The molecule has 0 unspecified atom stereocenters. The fraction of sp³-hybridized carbons (Fsp3) is 0.611. The highest BCUT2D eigenvalue weighted by Gasteiger charge is 2.30. The van der Waals surface area contributed by atoms with Gasteiger partial charge >= 0.3 is 0 Å². The van der Waals surface area contributed by atoms with Crippen molar-refractivity contribution in [3.8, 4) is 0 Å². The number of rotatable bonds is 5. The summed E-state index contributed by atoms with van der Waals surface area (Å²) in [6, 6.07) is 4.31. The maximum absolute atomic E-state index is 13.1. The molecule has 7 heteroatoms. The van der Waals surface area contributed by atoms with Gasteiger partial charge in [-0.3, -0.25) is 9.10 Å². The average molecular weight is 370 g/mol. The van der Waals surface area contributed by atoms with Crippen LogP contribution in [0.4, 0.5) is 10.1 Å². The fourth-order valence-corrected chi connectivity index (χ4v) is 4.49. The smallest absolute Gasteiger partial charge is 0.243 e. The summed E-state index contributed by atoms with van der Waals surface area (Å²) in [5.74, 6) is -0.774. The summed E-state index contributed by atoms with van der Waals surface area (Å²) < 4.78 is 38.6. The van der Waals surface area contributed by atoms with Gasteiger partial charge in [0.25, 0.3) is 0 Å². The SMILES string of the molecule is C[C@@H](C(=O)NC1CCCCCCC1)N(c1ccc(F)cc1)S(C)(=O)=O. The second-order valence-corrected chi connectivity index (χ2v) is 8.62. The van der Waals surface area contributed by atoms with Gasteiger partial charge in [-0.1, -0.05) is 32.1 Å². The van der Waals surface area contributed by atoms with Gasteiger partial charge < -0.3 is 5.32 Å². The Morgan fingerprint density at radius 1 is 1.12 bits per heavy atom. The van der Waals surface area contributed by atoms with E-state index in [0.29, 0.717) is 0 Å². The van der Waals surface area contributed by atoms with Gasteiger partial charge in [0.15, 0.2) is 0 Å². The molecule has 2 rings (SSSR count). The molecule has 1 atom stereocenters. The molecule has 1 saturated carbocycles. The van der Waals surface area contributed by atoms with Gasteiger partial charge in [0.2, 0.25) is 15.9 Å². The molecular formula is C18H27FN2O3S. The number of sulfonamides is 1. The molecule has 0 saturated heterocycles. The van der Waals surface area contributed by atoms with E-state index in [9.17, 15) is 17.6 Å². The van der Waals surface area contributed by atoms with Crippen molar-refractivity contribution in [1.82, 2.24) is 5.32 Å². The number of nitrogens with zero attached hydrogens (tertiary/aromatic N) is 1. The maximum atomic E-state index is 13.1. The Labute approximate surface area is 149 Å². The van der Waals surface area contributed by atoms with Crippen molar-refractivity contribution in [2.24, 2.45) is 0 Å². The van der Waals surface area contributed by atoms with E-state index >= 15 is 0 Å². The Bertz CT molecular complexity index is 668. The lowest BCUT2D eigenvalue weighted by Gasteiger charge is -2.30. The van der Waals surface area contributed by atoms with Crippen LogP contribution in [0.3, 0.4) is 0 Å². The van der Waals surface area contributed by atoms with Crippen LogP contribution in [0.25, 0.3) is 0 Å².